The van der Waals surface area contributed by atoms with Gasteiger partial charge in [-0.1, -0.05) is 30.2 Å². The van der Waals surface area contributed by atoms with E-state index in [1.54, 1.807) is 12.1 Å². The van der Waals surface area contributed by atoms with Crippen LogP contribution in [-0.4, -0.2) is 17.6 Å². The minimum absolute atomic E-state index is 0.119. The van der Waals surface area contributed by atoms with E-state index >= 15 is 0 Å². The van der Waals surface area contributed by atoms with Crippen LogP contribution in [0.3, 0.4) is 0 Å². The maximum atomic E-state index is 11.5. The molecule has 0 bridgehead atoms. The van der Waals surface area contributed by atoms with Crippen molar-refractivity contribution in [2.75, 3.05) is 6.54 Å². The minimum Gasteiger partial charge on any atom is -0.481 e. The van der Waals surface area contributed by atoms with Crippen LogP contribution in [0.4, 0.5) is 0 Å². The molecule has 1 aliphatic rings. The van der Waals surface area contributed by atoms with Gasteiger partial charge in [0.2, 0.25) is 0 Å². The largest absolute Gasteiger partial charge is 0.481 e. The number of rotatable bonds is 4. The molecule has 0 aromatic heterocycles. The van der Waals surface area contributed by atoms with E-state index in [-0.39, 0.29) is 5.92 Å². The van der Waals surface area contributed by atoms with Crippen molar-refractivity contribution in [3.8, 4) is 0 Å². The standard InChI is InChI=1S/C13H16ClNO2/c14-10-4-2-9(3-5-10)11(8-15)13(12(16)17)6-1-7-13/h2-5,11H,1,6-8,15H2,(H,16,17)/t11-/m0/s1. The first-order valence-electron chi connectivity index (χ1n) is 5.79. The van der Waals surface area contributed by atoms with E-state index in [1.165, 1.54) is 0 Å². The molecule has 0 unspecified atom stereocenters. The number of nitrogens with two attached hydrogens (primary N) is 1. The summed E-state index contributed by atoms with van der Waals surface area (Å²) in [5.41, 5.74) is 6.09. The van der Waals surface area contributed by atoms with Crippen molar-refractivity contribution in [2.24, 2.45) is 11.1 Å². The normalized spacial score (nSPS) is 19.4. The van der Waals surface area contributed by atoms with E-state index in [1.807, 2.05) is 12.1 Å². The van der Waals surface area contributed by atoms with E-state index in [0.29, 0.717) is 24.4 Å². The number of carbonyl (C=O) groups is 1. The molecule has 1 saturated carbocycles. The Hall–Kier alpha value is -1.06. The summed E-state index contributed by atoms with van der Waals surface area (Å²) in [4.78, 5) is 11.5. The molecule has 3 N–H and O–H groups in total. The van der Waals surface area contributed by atoms with Gasteiger partial charge in [0.1, 0.15) is 0 Å². The van der Waals surface area contributed by atoms with Gasteiger partial charge in [0.25, 0.3) is 0 Å². The zero-order valence-electron chi connectivity index (χ0n) is 9.53. The Morgan fingerprint density at radius 3 is 2.35 bits per heavy atom. The number of carboxylic acids is 1. The Kier molecular flexibility index (Phi) is 3.40. The molecule has 1 aliphatic carbocycles. The second-order valence-corrected chi connectivity index (χ2v) is 5.09. The molecule has 1 aromatic rings. The summed E-state index contributed by atoms with van der Waals surface area (Å²) in [6.45, 7) is 0.355. The van der Waals surface area contributed by atoms with E-state index < -0.39 is 11.4 Å². The lowest BCUT2D eigenvalue weighted by atomic mass is 9.59. The van der Waals surface area contributed by atoms with Crippen LogP contribution in [0.5, 0.6) is 0 Å². The average molecular weight is 254 g/mol. The molecule has 1 fully saturated rings. The Morgan fingerprint density at radius 2 is 2.00 bits per heavy atom. The van der Waals surface area contributed by atoms with Crippen LogP contribution >= 0.6 is 11.6 Å². The molecule has 0 spiro atoms. The lowest BCUT2D eigenvalue weighted by Gasteiger charge is -2.44. The van der Waals surface area contributed by atoms with Gasteiger partial charge in [-0.15, -0.1) is 0 Å². The third kappa shape index (κ3) is 2.05. The van der Waals surface area contributed by atoms with Crippen molar-refractivity contribution >= 4 is 17.6 Å². The van der Waals surface area contributed by atoms with Gasteiger partial charge in [-0.2, -0.15) is 0 Å². The van der Waals surface area contributed by atoms with Crippen molar-refractivity contribution in [2.45, 2.75) is 25.2 Å². The molecule has 17 heavy (non-hydrogen) atoms. The van der Waals surface area contributed by atoms with Gasteiger partial charge in [0.05, 0.1) is 5.41 Å². The third-order valence-electron chi connectivity index (χ3n) is 3.85. The summed E-state index contributed by atoms with van der Waals surface area (Å²) >= 11 is 5.84. The Balaban J connectivity index is 2.32. The van der Waals surface area contributed by atoms with Gasteiger partial charge in [-0.25, -0.2) is 0 Å². The van der Waals surface area contributed by atoms with Crippen molar-refractivity contribution in [1.29, 1.82) is 0 Å². The van der Waals surface area contributed by atoms with E-state index in [2.05, 4.69) is 0 Å². The topological polar surface area (TPSA) is 63.3 Å². The maximum Gasteiger partial charge on any atom is 0.310 e. The second-order valence-electron chi connectivity index (χ2n) is 4.65. The summed E-state index contributed by atoms with van der Waals surface area (Å²) in [5, 5.41) is 10.1. The number of carboxylic acid groups (broad SMARTS) is 1. The van der Waals surface area contributed by atoms with Gasteiger partial charge in [0.15, 0.2) is 0 Å². The quantitative estimate of drug-likeness (QED) is 0.867. The van der Waals surface area contributed by atoms with Gasteiger partial charge in [0, 0.05) is 17.5 Å². The molecule has 0 heterocycles. The molecule has 2 rings (SSSR count). The molecule has 4 heteroatoms. The molecular weight excluding hydrogens is 238 g/mol. The summed E-state index contributed by atoms with van der Waals surface area (Å²) < 4.78 is 0. The van der Waals surface area contributed by atoms with Crippen LogP contribution in [0, 0.1) is 5.41 Å². The van der Waals surface area contributed by atoms with Gasteiger partial charge in [-0.3, -0.25) is 4.79 Å². The van der Waals surface area contributed by atoms with Crippen molar-refractivity contribution < 1.29 is 9.90 Å². The monoisotopic (exact) mass is 253 g/mol. The van der Waals surface area contributed by atoms with Gasteiger partial charge < -0.3 is 10.8 Å². The Labute approximate surface area is 106 Å². The highest BCUT2D eigenvalue weighted by atomic mass is 35.5. The van der Waals surface area contributed by atoms with Crippen LogP contribution in [0.2, 0.25) is 5.02 Å². The predicted octanol–water partition coefficient (Wildman–Crippen LogP) is 2.64. The van der Waals surface area contributed by atoms with Crippen molar-refractivity contribution in [3.63, 3.8) is 0 Å². The van der Waals surface area contributed by atoms with Crippen LogP contribution in [-0.2, 0) is 4.79 Å². The van der Waals surface area contributed by atoms with Crippen LogP contribution in [0.25, 0.3) is 0 Å². The number of benzene rings is 1. The highest BCUT2D eigenvalue weighted by molar-refractivity contribution is 6.30. The fourth-order valence-corrected chi connectivity index (χ4v) is 2.77. The molecule has 3 nitrogen and oxygen atoms in total. The molecule has 0 saturated heterocycles. The van der Waals surface area contributed by atoms with Crippen molar-refractivity contribution in [1.82, 2.24) is 0 Å². The number of aliphatic carboxylic acids is 1. The van der Waals surface area contributed by atoms with E-state index in [0.717, 1.165) is 12.0 Å². The van der Waals surface area contributed by atoms with Gasteiger partial charge in [-0.05, 0) is 30.5 Å². The predicted molar refractivity (Wildman–Crippen MR) is 67.2 cm³/mol. The van der Waals surface area contributed by atoms with E-state index in [4.69, 9.17) is 17.3 Å². The number of hydrogen-bond acceptors (Lipinski definition) is 2. The summed E-state index contributed by atoms with van der Waals surface area (Å²) in [5.74, 6) is -0.847. The molecule has 0 amide bonds. The lowest BCUT2D eigenvalue weighted by Crippen LogP contribution is -2.45. The first-order chi connectivity index (χ1) is 8.10. The number of halogens is 1. The first-order valence-corrected chi connectivity index (χ1v) is 6.17. The SMILES string of the molecule is NC[C@@H](c1ccc(Cl)cc1)C1(C(=O)O)CCC1. The fraction of sp³-hybridized carbons (Fsp3) is 0.462. The molecule has 92 valence electrons. The fourth-order valence-electron chi connectivity index (χ4n) is 2.64. The Morgan fingerprint density at radius 1 is 1.41 bits per heavy atom. The Bertz CT molecular complexity index is 412. The molecule has 0 aliphatic heterocycles. The lowest BCUT2D eigenvalue weighted by molar-refractivity contribution is -0.156. The smallest absolute Gasteiger partial charge is 0.310 e. The first kappa shape index (κ1) is 12.4. The highest BCUT2D eigenvalue weighted by Crippen LogP contribution is 2.51. The number of hydrogen-bond donors (Lipinski definition) is 2. The van der Waals surface area contributed by atoms with Crippen molar-refractivity contribution in [3.05, 3.63) is 34.9 Å². The molecule has 0 radical (unpaired) electrons. The van der Waals surface area contributed by atoms with E-state index in [9.17, 15) is 9.90 Å². The minimum atomic E-state index is -0.728. The second kappa shape index (κ2) is 4.67. The zero-order valence-corrected chi connectivity index (χ0v) is 10.3. The molecular formula is C13H16ClNO2. The molecule has 1 aromatic carbocycles. The van der Waals surface area contributed by atoms with Crippen LogP contribution in [0.15, 0.2) is 24.3 Å². The summed E-state index contributed by atoms with van der Waals surface area (Å²) in [6, 6.07) is 7.33. The zero-order chi connectivity index (χ0) is 12.5. The van der Waals surface area contributed by atoms with Gasteiger partial charge >= 0.3 is 5.97 Å². The highest BCUT2D eigenvalue weighted by Gasteiger charge is 2.50. The third-order valence-corrected chi connectivity index (χ3v) is 4.10. The average Bonchev–Trinajstić information content (AvgIpc) is 2.24. The van der Waals surface area contributed by atoms with Crippen LogP contribution < -0.4 is 5.73 Å². The summed E-state index contributed by atoms with van der Waals surface area (Å²) in [7, 11) is 0. The van der Waals surface area contributed by atoms with Crippen LogP contribution in [0.1, 0.15) is 30.7 Å². The maximum absolute atomic E-state index is 11.5. The summed E-state index contributed by atoms with van der Waals surface area (Å²) in [6.07, 6.45) is 2.40. The molecule has 1 atom stereocenters.